The minimum absolute atomic E-state index is 0.0631. The Morgan fingerprint density at radius 1 is 1.12 bits per heavy atom. The van der Waals surface area contributed by atoms with Gasteiger partial charge in [0.1, 0.15) is 17.7 Å². The third-order valence-corrected chi connectivity index (χ3v) is 4.69. The zero-order chi connectivity index (χ0) is 24.6. The number of H-pyrrole nitrogens is 1. The highest BCUT2D eigenvalue weighted by molar-refractivity contribution is 5.90. The van der Waals surface area contributed by atoms with E-state index in [0.717, 1.165) is 16.5 Å². The van der Waals surface area contributed by atoms with Gasteiger partial charge in [0.2, 0.25) is 5.91 Å². The monoisotopic (exact) mass is 461 g/mol. The summed E-state index contributed by atoms with van der Waals surface area (Å²) in [6, 6.07) is 4.49. The number of benzene rings is 1. The summed E-state index contributed by atoms with van der Waals surface area (Å²) in [5.41, 5.74) is 5.86. The van der Waals surface area contributed by atoms with Gasteiger partial charge in [-0.15, -0.1) is 0 Å². The van der Waals surface area contributed by atoms with Crippen molar-refractivity contribution in [2.45, 2.75) is 57.7 Å². The number of carboxylic acid groups (broad SMARTS) is 1. The predicted molar refractivity (Wildman–Crippen MR) is 122 cm³/mol. The fourth-order valence-electron chi connectivity index (χ4n) is 3.23. The van der Waals surface area contributed by atoms with Crippen molar-refractivity contribution < 1.29 is 29.0 Å². The topological polar surface area (TPSA) is 176 Å². The van der Waals surface area contributed by atoms with Crippen molar-refractivity contribution in [3.8, 4) is 0 Å². The summed E-state index contributed by atoms with van der Waals surface area (Å²) in [6.45, 7) is 5.26. The zero-order valence-electron chi connectivity index (χ0n) is 18.9. The summed E-state index contributed by atoms with van der Waals surface area (Å²) in [4.78, 5) is 50.9. The molecule has 0 spiro atoms. The normalized spacial score (nSPS) is 13.1. The molecule has 33 heavy (non-hydrogen) atoms. The number of ether oxygens (including phenoxy) is 1. The number of urea groups is 1. The summed E-state index contributed by atoms with van der Waals surface area (Å²) in [6.07, 6.45) is 1.41. The lowest BCUT2D eigenvalue weighted by Gasteiger charge is -2.24. The Kier molecular flexibility index (Phi) is 8.66. The zero-order valence-corrected chi connectivity index (χ0v) is 18.9. The third kappa shape index (κ3) is 8.36. The molecule has 0 aliphatic rings. The van der Waals surface area contributed by atoms with Crippen molar-refractivity contribution in [3.63, 3.8) is 0 Å². The van der Waals surface area contributed by atoms with Crippen molar-refractivity contribution >= 4 is 34.9 Å². The number of carbonyl (C=O) groups is 4. The van der Waals surface area contributed by atoms with Gasteiger partial charge in [0.05, 0.1) is 0 Å². The number of hydrogen-bond acceptors (Lipinski definition) is 5. The van der Waals surface area contributed by atoms with E-state index in [0.29, 0.717) is 0 Å². The van der Waals surface area contributed by atoms with Gasteiger partial charge in [0.15, 0.2) is 0 Å². The lowest BCUT2D eigenvalue weighted by Crippen LogP contribution is -2.53. The Morgan fingerprint density at radius 3 is 2.45 bits per heavy atom. The van der Waals surface area contributed by atoms with Gasteiger partial charge in [-0.3, -0.25) is 4.79 Å². The molecule has 1 aromatic heterocycles. The molecular formula is C22H31N5O6. The van der Waals surface area contributed by atoms with Gasteiger partial charge in [-0.25, -0.2) is 14.4 Å². The number of para-hydroxylation sites is 1. The molecule has 7 N–H and O–H groups in total. The number of carbonyl (C=O) groups excluding carboxylic acids is 3. The number of alkyl carbamates (subject to hydrolysis) is 1. The molecule has 2 aromatic rings. The maximum Gasteiger partial charge on any atom is 0.408 e. The Labute approximate surface area is 191 Å². The molecule has 0 saturated carbocycles. The van der Waals surface area contributed by atoms with Crippen molar-refractivity contribution in [3.05, 3.63) is 36.0 Å². The van der Waals surface area contributed by atoms with Gasteiger partial charge < -0.3 is 36.5 Å². The van der Waals surface area contributed by atoms with Crippen LogP contribution in [0, 0.1) is 0 Å². The van der Waals surface area contributed by atoms with Crippen LogP contribution < -0.4 is 21.7 Å². The molecule has 0 fully saturated rings. The molecule has 0 saturated heterocycles. The molecule has 0 bridgehead atoms. The fourth-order valence-corrected chi connectivity index (χ4v) is 3.23. The Morgan fingerprint density at radius 2 is 1.82 bits per heavy atom. The molecule has 0 aliphatic heterocycles. The van der Waals surface area contributed by atoms with E-state index in [1.807, 2.05) is 24.3 Å². The summed E-state index contributed by atoms with van der Waals surface area (Å²) in [5, 5.41) is 17.8. The van der Waals surface area contributed by atoms with Crippen LogP contribution in [0.15, 0.2) is 30.5 Å². The summed E-state index contributed by atoms with van der Waals surface area (Å²) in [5.74, 6) is -1.90. The Bertz CT molecular complexity index is 997. The van der Waals surface area contributed by atoms with Crippen LogP contribution >= 0.6 is 0 Å². The number of rotatable bonds is 10. The molecule has 1 aromatic carbocycles. The number of primary amides is 1. The number of nitrogens with one attached hydrogen (secondary N) is 4. The SMILES string of the molecule is CC(C)(C)OC(=O)N[C@@H](Cc1c[nH]c2ccccc12)C(=O)N[C@@H](CCCNC(N)=O)C(=O)O. The Balaban J connectivity index is 2.16. The molecule has 1 heterocycles. The van der Waals surface area contributed by atoms with E-state index in [4.69, 9.17) is 10.5 Å². The average molecular weight is 462 g/mol. The highest BCUT2D eigenvalue weighted by Gasteiger charge is 2.29. The first-order valence-electron chi connectivity index (χ1n) is 10.6. The third-order valence-electron chi connectivity index (χ3n) is 4.69. The summed E-state index contributed by atoms with van der Waals surface area (Å²) < 4.78 is 5.27. The quantitative estimate of drug-likeness (QED) is 0.293. The van der Waals surface area contributed by atoms with Crippen LogP contribution in [0.2, 0.25) is 0 Å². The number of aromatic amines is 1. The first kappa shape index (κ1) is 25.5. The lowest BCUT2D eigenvalue weighted by atomic mass is 10.0. The molecule has 11 heteroatoms. The predicted octanol–water partition coefficient (Wildman–Crippen LogP) is 1.62. The molecule has 0 aliphatic carbocycles. The van der Waals surface area contributed by atoms with Gasteiger partial charge in [0, 0.05) is 30.1 Å². The van der Waals surface area contributed by atoms with Crippen LogP contribution in [0.5, 0.6) is 0 Å². The number of carboxylic acids is 1. The highest BCUT2D eigenvalue weighted by atomic mass is 16.6. The smallest absolute Gasteiger partial charge is 0.408 e. The first-order valence-corrected chi connectivity index (χ1v) is 10.6. The second-order valence-corrected chi connectivity index (χ2v) is 8.60. The first-order chi connectivity index (χ1) is 15.5. The second-order valence-electron chi connectivity index (χ2n) is 8.60. The van der Waals surface area contributed by atoms with E-state index in [2.05, 4.69) is 20.9 Å². The maximum absolute atomic E-state index is 13.0. The summed E-state index contributed by atoms with van der Waals surface area (Å²) >= 11 is 0. The molecule has 0 radical (unpaired) electrons. The van der Waals surface area contributed by atoms with Gasteiger partial charge in [-0.05, 0) is 45.2 Å². The number of nitrogens with two attached hydrogens (primary N) is 1. The average Bonchev–Trinajstić information content (AvgIpc) is 3.10. The molecule has 4 amide bonds. The number of aromatic nitrogens is 1. The van der Waals surface area contributed by atoms with E-state index in [9.17, 15) is 24.3 Å². The Hall–Kier alpha value is -3.76. The van der Waals surface area contributed by atoms with E-state index in [1.165, 1.54) is 0 Å². The number of hydrogen-bond donors (Lipinski definition) is 6. The van der Waals surface area contributed by atoms with E-state index >= 15 is 0 Å². The van der Waals surface area contributed by atoms with E-state index in [1.54, 1.807) is 27.0 Å². The van der Waals surface area contributed by atoms with Crippen molar-refractivity contribution in [2.24, 2.45) is 5.73 Å². The standard InChI is InChI=1S/C22H31N5O6/c1-22(2,3)33-21(32)27-17(11-13-12-25-15-8-5-4-7-14(13)15)18(28)26-16(19(29)30)9-6-10-24-20(23)31/h4-5,7-8,12,16-17,25H,6,9-11H2,1-3H3,(H,26,28)(H,27,32)(H,29,30)(H3,23,24,31)/t16-,17-/m0/s1. The van der Waals surface area contributed by atoms with Crippen LogP contribution in [0.3, 0.4) is 0 Å². The molecule has 11 nitrogen and oxygen atoms in total. The number of fused-ring (bicyclic) bond motifs is 1. The number of amides is 4. The molecule has 180 valence electrons. The molecule has 2 atom stereocenters. The molecular weight excluding hydrogens is 430 g/mol. The van der Waals surface area contributed by atoms with Crippen LogP contribution in [-0.4, -0.2) is 58.3 Å². The fraction of sp³-hybridized carbons (Fsp3) is 0.455. The minimum atomic E-state index is -1.23. The van der Waals surface area contributed by atoms with Crippen molar-refractivity contribution in [1.29, 1.82) is 0 Å². The van der Waals surface area contributed by atoms with Crippen LogP contribution in [0.25, 0.3) is 10.9 Å². The van der Waals surface area contributed by atoms with E-state index in [-0.39, 0.29) is 25.8 Å². The van der Waals surface area contributed by atoms with Gasteiger partial charge in [0.25, 0.3) is 0 Å². The van der Waals surface area contributed by atoms with Crippen LogP contribution in [0.1, 0.15) is 39.2 Å². The van der Waals surface area contributed by atoms with Gasteiger partial charge in [-0.2, -0.15) is 0 Å². The van der Waals surface area contributed by atoms with E-state index < -0.39 is 41.7 Å². The van der Waals surface area contributed by atoms with Crippen LogP contribution in [0.4, 0.5) is 9.59 Å². The highest BCUT2D eigenvalue weighted by Crippen LogP contribution is 2.19. The number of aliphatic carboxylic acids is 1. The van der Waals surface area contributed by atoms with Gasteiger partial charge >= 0.3 is 18.1 Å². The molecule has 2 rings (SSSR count). The molecule has 0 unspecified atom stereocenters. The van der Waals surface area contributed by atoms with Crippen molar-refractivity contribution in [1.82, 2.24) is 20.9 Å². The largest absolute Gasteiger partial charge is 0.480 e. The second kappa shape index (κ2) is 11.2. The lowest BCUT2D eigenvalue weighted by molar-refractivity contribution is -0.142. The maximum atomic E-state index is 13.0. The summed E-state index contributed by atoms with van der Waals surface area (Å²) in [7, 11) is 0. The van der Waals surface area contributed by atoms with Gasteiger partial charge in [-0.1, -0.05) is 18.2 Å². The van der Waals surface area contributed by atoms with Crippen LogP contribution in [-0.2, 0) is 20.7 Å². The minimum Gasteiger partial charge on any atom is -0.480 e. The van der Waals surface area contributed by atoms with Crippen molar-refractivity contribution in [2.75, 3.05) is 6.54 Å².